The molecule has 2 aromatic rings. The summed E-state index contributed by atoms with van der Waals surface area (Å²) in [5.41, 5.74) is 1.94. The highest BCUT2D eigenvalue weighted by Crippen LogP contribution is 2.14. The molecule has 0 radical (unpaired) electrons. The van der Waals surface area contributed by atoms with E-state index in [1.807, 2.05) is 42.5 Å². The summed E-state index contributed by atoms with van der Waals surface area (Å²) in [4.78, 5) is 30.5. The minimum Gasteiger partial charge on any atom is -0.469 e. The van der Waals surface area contributed by atoms with Crippen molar-refractivity contribution in [1.82, 2.24) is 9.88 Å². The molecule has 5 nitrogen and oxygen atoms in total. The Morgan fingerprint density at radius 2 is 1.93 bits per heavy atom. The molecule has 6 heteroatoms. The zero-order valence-corrected chi connectivity index (χ0v) is 16.5. The number of rotatable bonds is 9. The van der Waals surface area contributed by atoms with Gasteiger partial charge in [0.25, 0.3) is 0 Å². The molecular weight excluding hydrogens is 364 g/mol. The zero-order chi connectivity index (χ0) is 19.6. The van der Waals surface area contributed by atoms with Crippen molar-refractivity contribution in [1.29, 1.82) is 0 Å². The fourth-order valence-electron chi connectivity index (χ4n) is 2.80. The number of halogens is 1. The largest absolute Gasteiger partial charge is 0.469 e. The van der Waals surface area contributed by atoms with E-state index >= 15 is 0 Å². The van der Waals surface area contributed by atoms with Crippen molar-refractivity contribution in [2.75, 3.05) is 13.7 Å². The summed E-state index contributed by atoms with van der Waals surface area (Å²) in [6.07, 6.45) is 3.63. The van der Waals surface area contributed by atoms with Crippen LogP contribution in [0.3, 0.4) is 0 Å². The Morgan fingerprint density at radius 1 is 1.19 bits per heavy atom. The number of nitrogens with zero attached hydrogens (tertiary/aromatic N) is 2. The highest BCUT2D eigenvalue weighted by atomic mass is 35.5. The number of benzene rings is 1. The standard InChI is InChI=1S/C21H25ClN2O3/c1-16(21(26)27-2)14-24(15-19-7-3-4-13-23-19)20(25)8-5-6-17-9-11-18(22)12-10-17/h3-4,7,9-13,16H,5-6,8,14-15H2,1-2H3. The van der Waals surface area contributed by atoms with Crippen molar-refractivity contribution in [2.24, 2.45) is 5.92 Å². The van der Waals surface area contributed by atoms with Crippen molar-refractivity contribution in [2.45, 2.75) is 32.7 Å². The summed E-state index contributed by atoms with van der Waals surface area (Å²) in [6.45, 7) is 2.45. The summed E-state index contributed by atoms with van der Waals surface area (Å²) < 4.78 is 4.79. The lowest BCUT2D eigenvalue weighted by molar-refractivity contribution is -0.146. The molecule has 0 aliphatic carbocycles. The molecule has 0 saturated carbocycles. The predicted octanol–water partition coefficient (Wildman–Crippen LogP) is 3.90. The molecule has 1 amide bonds. The van der Waals surface area contributed by atoms with Crippen LogP contribution in [0.4, 0.5) is 0 Å². The van der Waals surface area contributed by atoms with E-state index < -0.39 is 0 Å². The number of esters is 1. The molecule has 144 valence electrons. The number of aryl methyl sites for hydroxylation is 1. The van der Waals surface area contributed by atoms with Crippen LogP contribution in [0.5, 0.6) is 0 Å². The van der Waals surface area contributed by atoms with E-state index in [0.29, 0.717) is 24.5 Å². The van der Waals surface area contributed by atoms with E-state index in [1.54, 1.807) is 18.0 Å². The molecule has 0 spiro atoms. The van der Waals surface area contributed by atoms with Crippen LogP contribution < -0.4 is 0 Å². The topological polar surface area (TPSA) is 59.5 Å². The van der Waals surface area contributed by atoms with E-state index in [1.165, 1.54) is 7.11 Å². The number of carbonyl (C=O) groups excluding carboxylic acids is 2. The third-order valence-corrected chi connectivity index (χ3v) is 4.55. The Bertz CT molecular complexity index is 735. The molecule has 1 atom stereocenters. The number of ether oxygens (including phenoxy) is 1. The summed E-state index contributed by atoms with van der Waals surface area (Å²) in [5, 5.41) is 0.702. The van der Waals surface area contributed by atoms with Crippen LogP contribution in [0.2, 0.25) is 5.02 Å². The van der Waals surface area contributed by atoms with Crippen LogP contribution in [-0.4, -0.2) is 35.4 Å². The first-order valence-electron chi connectivity index (χ1n) is 8.99. The molecule has 0 aliphatic heterocycles. The molecule has 1 unspecified atom stereocenters. The lowest BCUT2D eigenvalue weighted by atomic mass is 10.1. The van der Waals surface area contributed by atoms with Crippen molar-refractivity contribution < 1.29 is 14.3 Å². The van der Waals surface area contributed by atoms with E-state index in [9.17, 15) is 9.59 Å². The number of hydrogen-bond donors (Lipinski definition) is 0. The monoisotopic (exact) mass is 388 g/mol. The van der Waals surface area contributed by atoms with Gasteiger partial charge in [-0.3, -0.25) is 14.6 Å². The average Bonchev–Trinajstić information content (AvgIpc) is 2.69. The first-order valence-corrected chi connectivity index (χ1v) is 9.37. The van der Waals surface area contributed by atoms with Crippen LogP contribution in [0.25, 0.3) is 0 Å². The Morgan fingerprint density at radius 3 is 2.56 bits per heavy atom. The van der Waals surface area contributed by atoms with Crippen molar-refractivity contribution in [3.63, 3.8) is 0 Å². The third-order valence-electron chi connectivity index (χ3n) is 4.30. The maximum Gasteiger partial charge on any atom is 0.310 e. The minimum absolute atomic E-state index is 0.00497. The number of amides is 1. The van der Waals surface area contributed by atoms with Crippen LogP contribution in [0.15, 0.2) is 48.7 Å². The molecule has 0 bridgehead atoms. The van der Waals surface area contributed by atoms with Crippen molar-refractivity contribution in [3.05, 3.63) is 64.9 Å². The van der Waals surface area contributed by atoms with E-state index in [0.717, 1.165) is 24.1 Å². The Balaban J connectivity index is 1.96. The highest BCUT2D eigenvalue weighted by Gasteiger charge is 2.21. The third kappa shape index (κ3) is 7.02. The number of carbonyl (C=O) groups is 2. The maximum absolute atomic E-state index is 12.8. The van der Waals surface area contributed by atoms with Gasteiger partial charge in [-0.1, -0.05) is 36.7 Å². The van der Waals surface area contributed by atoms with Gasteiger partial charge < -0.3 is 9.64 Å². The molecule has 0 saturated heterocycles. The van der Waals surface area contributed by atoms with Crippen LogP contribution in [-0.2, 0) is 27.3 Å². The average molecular weight is 389 g/mol. The zero-order valence-electron chi connectivity index (χ0n) is 15.7. The van der Waals surface area contributed by atoms with Gasteiger partial charge in [-0.15, -0.1) is 0 Å². The lowest BCUT2D eigenvalue weighted by Crippen LogP contribution is -2.37. The number of aromatic nitrogens is 1. The number of pyridine rings is 1. The summed E-state index contributed by atoms with van der Waals surface area (Å²) in [7, 11) is 1.36. The minimum atomic E-state index is -0.390. The molecule has 1 heterocycles. The molecule has 2 rings (SSSR count). The second-order valence-corrected chi connectivity index (χ2v) is 6.94. The smallest absolute Gasteiger partial charge is 0.310 e. The summed E-state index contributed by atoms with van der Waals surface area (Å²) in [5.74, 6) is -0.709. The van der Waals surface area contributed by atoms with Gasteiger partial charge in [0.2, 0.25) is 5.91 Å². The van der Waals surface area contributed by atoms with Gasteiger partial charge in [0, 0.05) is 24.2 Å². The fourth-order valence-corrected chi connectivity index (χ4v) is 2.93. The van der Waals surface area contributed by atoms with Gasteiger partial charge in [-0.05, 0) is 42.7 Å². The fraction of sp³-hybridized carbons (Fsp3) is 0.381. The second-order valence-electron chi connectivity index (χ2n) is 6.50. The van der Waals surface area contributed by atoms with Crippen LogP contribution in [0, 0.1) is 5.92 Å². The molecule has 1 aromatic carbocycles. The SMILES string of the molecule is COC(=O)C(C)CN(Cc1ccccn1)C(=O)CCCc1ccc(Cl)cc1. The lowest BCUT2D eigenvalue weighted by Gasteiger charge is -2.25. The highest BCUT2D eigenvalue weighted by molar-refractivity contribution is 6.30. The Labute approximate surface area is 165 Å². The molecule has 0 fully saturated rings. The van der Waals surface area contributed by atoms with Crippen LogP contribution >= 0.6 is 11.6 Å². The maximum atomic E-state index is 12.8. The van der Waals surface area contributed by atoms with E-state index in [4.69, 9.17) is 16.3 Å². The van der Waals surface area contributed by atoms with Gasteiger partial charge in [-0.2, -0.15) is 0 Å². The van der Waals surface area contributed by atoms with Crippen molar-refractivity contribution in [3.8, 4) is 0 Å². The van der Waals surface area contributed by atoms with Crippen molar-refractivity contribution >= 4 is 23.5 Å². The van der Waals surface area contributed by atoms with Gasteiger partial charge >= 0.3 is 5.97 Å². The number of hydrogen-bond acceptors (Lipinski definition) is 4. The quantitative estimate of drug-likeness (QED) is 0.611. The van der Waals surface area contributed by atoms with Crippen LogP contribution in [0.1, 0.15) is 31.0 Å². The Kier molecular flexibility index (Phi) is 8.27. The number of methoxy groups -OCH3 is 1. The second kappa shape index (κ2) is 10.7. The normalized spacial score (nSPS) is 11.7. The molecule has 0 aliphatic rings. The van der Waals surface area contributed by atoms with Gasteiger partial charge in [0.1, 0.15) is 0 Å². The summed E-state index contributed by atoms with van der Waals surface area (Å²) >= 11 is 5.90. The molecule has 27 heavy (non-hydrogen) atoms. The van der Waals surface area contributed by atoms with Gasteiger partial charge in [0.15, 0.2) is 0 Å². The van der Waals surface area contributed by atoms with E-state index in [-0.39, 0.29) is 17.8 Å². The predicted molar refractivity (Wildman–Crippen MR) is 105 cm³/mol. The molecule has 1 aromatic heterocycles. The first-order chi connectivity index (χ1) is 13.0. The Hall–Kier alpha value is -2.40. The molecule has 0 N–H and O–H groups in total. The summed E-state index contributed by atoms with van der Waals surface area (Å²) in [6, 6.07) is 13.2. The molecular formula is C21H25ClN2O3. The van der Waals surface area contributed by atoms with Gasteiger partial charge in [0.05, 0.1) is 25.3 Å². The van der Waals surface area contributed by atoms with E-state index in [2.05, 4.69) is 4.98 Å². The van der Waals surface area contributed by atoms with Gasteiger partial charge in [-0.25, -0.2) is 0 Å². The first kappa shape index (κ1) is 20.9.